The highest BCUT2D eigenvalue weighted by atomic mass is 32.2. The van der Waals surface area contributed by atoms with Crippen LogP contribution < -0.4 is 5.73 Å². The molecule has 17 heavy (non-hydrogen) atoms. The van der Waals surface area contributed by atoms with Crippen molar-refractivity contribution in [2.24, 2.45) is 5.73 Å². The normalized spacial score (nSPS) is 28.2. The predicted molar refractivity (Wildman–Crippen MR) is 71.1 cm³/mol. The SMILES string of the molecule is NC1(CN2Cc3sccc3S2=O)CCCCC1. The molecule has 1 aromatic heterocycles. The van der Waals surface area contributed by atoms with E-state index in [4.69, 9.17) is 5.73 Å². The first-order valence-corrected chi connectivity index (χ1v) is 8.19. The summed E-state index contributed by atoms with van der Waals surface area (Å²) < 4.78 is 14.3. The molecular formula is C12H18N2OS2. The van der Waals surface area contributed by atoms with Crippen LogP contribution in [-0.4, -0.2) is 20.6 Å². The van der Waals surface area contributed by atoms with Crippen LogP contribution in [0.1, 0.15) is 37.0 Å². The van der Waals surface area contributed by atoms with Gasteiger partial charge >= 0.3 is 0 Å². The van der Waals surface area contributed by atoms with Crippen molar-refractivity contribution in [1.29, 1.82) is 0 Å². The second kappa shape index (κ2) is 4.46. The van der Waals surface area contributed by atoms with Gasteiger partial charge in [-0.3, -0.25) is 0 Å². The zero-order valence-electron chi connectivity index (χ0n) is 9.85. The van der Waals surface area contributed by atoms with E-state index in [0.717, 1.165) is 30.8 Å². The van der Waals surface area contributed by atoms with Crippen LogP contribution in [0.15, 0.2) is 16.3 Å². The molecule has 1 atom stereocenters. The van der Waals surface area contributed by atoms with Gasteiger partial charge < -0.3 is 5.73 Å². The third-order valence-corrected chi connectivity index (χ3v) is 6.31. The van der Waals surface area contributed by atoms with E-state index in [1.807, 2.05) is 15.8 Å². The fourth-order valence-electron chi connectivity index (χ4n) is 2.84. The molecule has 1 aromatic rings. The highest BCUT2D eigenvalue weighted by molar-refractivity contribution is 7.83. The van der Waals surface area contributed by atoms with E-state index in [-0.39, 0.29) is 5.54 Å². The van der Waals surface area contributed by atoms with Crippen molar-refractivity contribution in [3.05, 3.63) is 16.3 Å². The van der Waals surface area contributed by atoms with Crippen LogP contribution in [0.2, 0.25) is 0 Å². The molecule has 5 heteroatoms. The number of thiophene rings is 1. The Morgan fingerprint density at radius 1 is 1.41 bits per heavy atom. The Morgan fingerprint density at radius 2 is 2.18 bits per heavy atom. The zero-order chi connectivity index (χ0) is 11.9. The van der Waals surface area contributed by atoms with Gasteiger partial charge in [-0.2, -0.15) is 0 Å². The second-order valence-corrected chi connectivity index (χ2v) is 7.63. The highest BCUT2D eigenvalue weighted by Gasteiger charge is 2.35. The molecule has 2 aliphatic rings. The summed E-state index contributed by atoms with van der Waals surface area (Å²) in [5.41, 5.74) is 6.32. The van der Waals surface area contributed by atoms with E-state index in [0.29, 0.717) is 0 Å². The Bertz CT molecular complexity index is 437. The summed E-state index contributed by atoms with van der Waals surface area (Å²) in [6.07, 6.45) is 5.90. The minimum absolute atomic E-state index is 0.109. The summed E-state index contributed by atoms with van der Waals surface area (Å²) in [4.78, 5) is 2.26. The molecule has 3 nitrogen and oxygen atoms in total. The largest absolute Gasteiger partial charge is 0.324 e. The summed E-state index contributed by atoms with van der Waals surface area (Å²) in [7, 11) is -0.968. The minimum Gasteiger partial charge on any atom is -0.324 e. The van der Waals surface area contributed by atoms with Gasteiger partial charge in [0.1, 0.15) is 11.0 Å². The van der Waals surface area contributed by atoms with E-state index in [1.54, 1.807) is 11.3 Å². The molecule has 0 spiro atoms. The molecule has 94 valence electrons. The minimum atomic E-state index is -0.968. The topological polar surface area (TPSA) is 46.3 Å². The van der Waals surface area contributed by atoms with E-state index in [9.17, 15) is 4.21 Å². The highest BCUT2D eigenvalue weighted by Crippen LogP contribution is 2.34. The lowest BCUT2D eigenvalue weighted by molar-refractivity contribution is 0.240. The van der Waals surface area contributed by atoms with Crippen LogP contribution in [0.5, 0.6) is 0 Å². The van der Waals surface area contributed by atoms with Crippen LogP contribution in [0, 0.1) is 0 Å². The standard InChI is InChI=1S/C12H18N2OS2/c13-12(5-2-1-3-6-12)9-14-8-10-11(17(14)15)4-7-16-10/h4,7H,1-3,5-6,8-9,13H2. The monoisotopic (exact) mass is 270 g/mol. The summed E-state index contributed by atoms with van der Waals surface area (Å²) >= 11 is 1.70. The maximum atomic E-state index is 12.3. The molecule has 1 unspecified atom stereocenters. The Kier molecular flexibility index (Phi) is 3.11. The molecule has 0 bridgehead atoms. The number of hydrogen-bond acceptors (Lipinski definition) is 3. The Morgan fingerprint density at radius 3 is 2.88 bits per heavy atom. The Balaban J connectivity index is 1.71. The van der Waals surface area contributed by atoms with Gasteiger partial charge in [-0.05, 0) is 24.3 Å². The Hall–Kier alpha value is -0.230. The molecule has 3 rings (SSSR count). The third-order valence-electron chi connectivity index (χ3n) is 3.79. The van der Waals surface area contributed by atoms with Crippen LogP contribution in [0.25, 0.3) is 0 Å². The molecule has 0 radical (unpaired) electrons. The average molecular weight is 270 g/mol. The molecule has 1 aliphatic carbocycles. The molecule has 1 fully saturated rings. The van der Waals surface area contributed by atoms with Crippen molar-refractivity contribution in [3.63, 3.8) is 0 Å². The first-order chi connectivity index (χ1) is 8.18. The first-order valence-electron chi connectivity index (χ1n) is 6.20. The average Bonchev–Trinajstić information content (AvgIpc) is 2.85. The van der Waals surface area contributed by atoms with Crippen molar-refractivity contribution in [2.45, 2.75) is 49.1 Å². The molecule has 0 aromatic carbocycles. The number of nitrogens with two attached hydrogens (primary N) is 1. The molecule has 2 heterocycles. The van der Waals surface area contributed by atoms with Gasteiger partial charge in [0, 0.05) is 23.5 Å². The number of nitrogens with zero attached hydrogens (tertiary/aromatic N) is 1. The second-order valence-electron chi connectivity index (χ2n) is 5.18. The van der Waals surface area contributed by atoms with E-state index >= 15 is 0 Å². The smallest absolute Gasteiger partial charge is 0.129 e. The molecule has 1 saturated carbocycles. The van der Waals surface area contributed by atoms with Crippen molar-refractivity contribution in [3.8, 4) is 0 Å². The molecule has 0 amide bonds. The lowest BCUT2D eigenvalue weighted by Crippen LogP contribution is -2.50. The maximum Gasteiger partial charge on any atom is 0.129 e. The van der Waals surface area contributed by atoms with Crippen molar-refractivity contribution < 1.29 is 4.21 Å². The fourth-order valence-corrected chi connectivity index (χ4v) is 5.49. The lowest BCUT2D eigenvalue weighted by atomic mass is 9.82. The van der Waals surface area contributed by atoms with Crippen molar-refractivity contribution in [1.82, 2.24) is 4.31 Å². The van der Waals surface area contributed by atoms with Gasteiger partial charge in [0.2, 0.25) is 0 Å². The summed E-state index contributed by atoms with van der Waals surface area (Å²) in [6, 6.07) is 1.99. The number of hydrogen-bond donors (Lipinski definition) is 1. The third kappa shape index (κ3) is 2.21. The molecular weight excluding hydrogens is 252 g/mol. The number of fused-ring (bicyclic) bond motifs is 1. The molecule has 2 N–H and O–H groups in total. The molecule has 1 aliphatic heterocycles. The van der Waals surface area contributed by atoms with Gasteiger partial charge in [0.05, 0.1) is 4.90 Å². The lowest BCUT2D eigenvalue weighted by Gasteiger charge is -2.36. The van der Waals surface area contributed by atoms with Crippen molar-refractivity contribution >= 4 is 22.3 Å². The summed E-state index contributed by atoms with van der Waals surface area (Å²) in [5.74, 6) is 0. The van der Waals surface area contributed by atoms with E-state index in [2.05, 4.69) is 0 Å². The Labute approximate surface area is 109 Å². The van der Waals surface area contributed by atoms with E-state index < -0.39 is 11.0 Å². The van der Waals surface area contributed by atoms with Gasteiger partial charge in [-0.25, -0.2) is 8.51 Å². The van der Waals surface area contributed by atoms with Gasteiger partial charge in [0.15, 0.2) is 0 Å². The van der Waals surface area contributed by atoms with Gasteiger partial charge in [-0.1, -0.05) is 19.3 Å². The van der Waals surface area contributed by atoms with Crippen LogP contribution in [0.4, 0.5) is 0 Å². The quantitative estimate of drug-likeness (QED) is 0.896. The summed E-state index contributed by atoms with van der Waals surface area (Å²) in [5, 5.41) is 2.03. The van der Waals surface area contributed by atoms with Crippen molar-refractivity contribution in [2.75, 3.05) is 6.54 Å². The van der Waals surface area contributed by atoms with Crippen LogP contribution in [0.3, 0.4) is 0 Å². The molecule has 0 saturated heterocycles. The van der Waals surface area contributed by atoms with Gasteiger partial charge in [0.25, 0.3) is 0 Å². The fraction of sp³-hybridized carbons (Fsp3) is 0.667. The van der Waals surface area contributed by atoms with E-state index in [1.165, 1.54) is 24.1 Å². The summed E-state index contributed by atoms with van der Waals surface area (Å²) in [6.45, 7) is 1.60. The number of rotatable bonds is 2. The zero-order valence-corrected chi connectivity index (χ0v) is 11.5. The van der Waals surface area contributed by atoms with Gasteiger partial charge in [-0.15, -0.1) is 11.3 Å². The maximum absolute atomic E-state index is 12.3. The predicted octanol–water partition coefficient (Wildman–Crippen LogP) is 2.25. The van der Waals surface area contributed by atoms with Crippen LogP contribution in [-0.2, 0) is 17.5 Å². The van der Waals surface area contributed by atoms with Crippen LogP contribution >= 0.6 is 11.3 Å². The first kappa shape index (κ1) is 11.8.